The van der Waals surface area contributed by atoms with Gasteiger partial charge in [-0.05, 0) is 30.5 Å². The van der Waals surface area contributed by atoms with Crippen LogP contribution in [-0.4, -0.2) is 28.4 Å². The van der Waals surface area contributed by atoms with Gasteiger partial charge in [0, 0.05) is 17.3 Å². The maximum absolute atomic E-state index is 12.5. The Bertz CT molecular complexity index is 1030. The van der Waals surface area contributed by atoms with Crippen LogP contribution in [0.1, 0.15) is 17.3 Å². The van der Waals surface area contributed by atoms with Gasteiger partial charge in [0.15, 0.2) is 6.10 Å². The van der Waals surface area contributed by atoms with Crippen molar-refractivity contribution >= 4 is 39.1 Å². The van der Waals surface area contributed by atoms with Gasteiger partial charge >= 0.3 is 5.97 Å². The molecule has 0 aliphatic rings. The van der Waals surface area contributed by atoms with Gasteiger partial charge in [0.25, 0.3) is 5.91 Å². The summed E-state index contributed by atoms with van der Waals surface area (Å²) in [6.45, 7) is 1.50. The van der Waals surface area contributed by atoms with E-state index in [1.165, 1.54) is 19.2 Å². The second-order valence-electron chi connectivity index (χ2n) is 6.01. The molecule has 3 aromatic carbocycles. The van der Waals surface area contributed by atoms with Crippen LogP contribution in [0.4, 0.5) is 5.69 Å². The molecular formula is C21H19NO4S. The maximum Gasteiger partial charge on any atom is 0.340 e. The fraction of sp³-hybridized carbons (Fsp3) is 0.143. The van der Waals surface area contributed by atoms with E-state index in [4.69, 9.17) is 4.74 Å². The molecule has 0 unspecified atom stereocenters. The summed E-state index contributed by atoms with van der Waals surface area (Å²) < 4.78 is 17.1. The zero-order valence-corrected chi connectivity index (χ0v) is 15.8. The minimum absolute atomic E-state index is 0.197. The van der Waals surface area contributed by atoms with Crippen molar-refractivity contribution < 1.29 is 18.5 Å². The van der Waals surface area contributed by atoms with Crippen LogP contribution in [0, 0.1) is 0 Å². The molecular weight excluding hydrogens is 362 g/mol. The lowest BCUT2D eigenvalue weighted by Gasteiger charge is -2.15. The predicted octanol–water partition coefficient (Wildman–Crippen LogP) is 3.76. The summed E-state index contributed by atoms with van der Waals surface area (Å²) in [5.41, 5.74) is 0.846. The highest BCUT2D eigenvalue weighted by atomic mass is 32.2. The average molecular weight is 381 g/mol. The first-order valence-corrected chi connectivity index (χ1v) is 9.95. The molecule has 3 rings (SSSR count). The van der Waals surface area contributed by atoms with Crippen LogP contribution in [0.5, 0.6) is 0 Å². The highest BCUT2D eigenvalue weighted by molar-refractivity contribution is 7.84. The molecule has 0 aliphatic carbocycles. The van der Waals surface area contributed by atoms with Crippen molar-refractivity contribution in [3.8, 4) is 0 Å². The van der Waals surface area contributed by atoms with Gasteiger partial charge in [-0.15, -0.1) is 0 Å². The first-order valence-electron chi connectivity index (χ1n) is 8.39. The molecule has 2 atom stereocenters. The van der Waals surface area contributed by atoms with E-state index >= 15 is 0 Å². The minimum atomic E-state index is -1.34. The molecule has 0 heterocycles. The molecule has 5 nitrogen and oxygen atoms in total. The Labute approximate surface area is 159 Å². The summed E-state index contributed by atoms with van der Waals surface area (Å²) in [6, 6.07) is 19.8. The molecule has 0 saturated carbocycles. The Kier molecular flexibility index (Phi) is 5.66. The van der Waals surface area contributed by atoms with Crippen molar-refractivity contribution in [1.29, 1.82) is 0 Å². The second kappa shape index (κ2) is 8.14. The number of hydrogen-bond donors (Lipinski definition) is 1. The van der Waals surface area contributed by atoms with Gasteiger partial charge in [-0.2, -0.15) is 0 Å². The van der Waals surface area contributed by atoms with Crippen molar-refractivity contribution in [3.63, 3.8) is 0 Å². The summed E-state index contributed by atoms with van der Waals surface area (Å²) in [6.07, 6.45) is 0.484. The number of anilines is 1. The Balaban J connectivity index is 1.74. The molecule has 0 fully saturated rings. The second-order valence-corrected chi connectivity index (χ2v) is 7.36. The van der Waals surface area contributed by atoms with Crippen LogP contribution >= 0.6 is 0 Å². The number of benzene rings is 3. The largest absolute Gasteiger partial charge is 0.449 e. The molecule has 1 N–H and O–H groups in total. The first kappa shape index (κ1) is 18.8. The SMILES string of the molecule is C[C@@H](OC(=O)c1ccccc1[S@](C)=O)C(=O)Nc1cccc2ccccc12. The summed E-state index contributed by atoms with van der Waals surface area (Å²) >= 11 is 0. The zero-order chi connectivity index (χ0) is 19.4. The number of nitrogens with one attached hydrogen (secondary N) is 1. The van der Waals surface area contributed by atoms with E-state index in [2.05, 4.69) is 5.32 Å². The summed E-state index contributed by atoms with van der Waals surface area (Å²) in [5, 5.41) is 4.70. The number of esters is 1. The van der Waals surface area contributed by atoms with E-state index in [-0.39, 0.29) is 5.56 Å². The number of ether oxygens (including phenoxy) is 1. The van der Waals surface area contributed by atoms with E-state index in [1.54, 1.807) is 24.3 Å². The number of fused-ring (bicyclic) bond motifs is 1. The third kappa shape index (κ3) is 4.23. The van der Waals surface area contributed by atoms with E-state index in [1.807, 2.05) is 36.4 Å². The highest BCUT2D eigenvalue weighted by Gasteiger charge is 2.22. The molecule has 1 amide bonds. The molecule has 0 saturated heterocycles. The van der Waals surface area contributed by atoms with Gasteiger partial charge in [0.2, 0.25) is 0 Å². The third-order valence-corrected chi connectivity index (χ3v) is 5.09. The van der Waals surface area contributed by atoms with Crippen LogP contribution in [-0.2, 0) is 20.3 Å². The van der Waals surface area contributed by atoms with Crippen molar-refractivity contribution in [2.45, 2.75) is 17.9 Å². The topological polar surface area (TPSA) is 72.5 Å². The molecule has 0 radical (unpaired) electrons. The predicted molar refractivity (Wildman–Crippen MR) is 106 cm³/mol. The van der Waals surface area contributed by atoms with Crippen molar-refractivity contribution in [3.05, 3.63) is 72.3 Å². The Morgan fingerprint density at radius 2 is 1.63 bits per heavy atom. The van der Waals surface area contributed by atoms with Crippen molar-refractivity contribution in [2.24, 2.45) is 0 Å². The molecule has 0 bridgehead atoms. The lowest BCUT2D eigenvalue weighted by atomic mass is 10.1. The quantitative estimate of drug-likeness (QED) is 0.683. The average Bonchev–Trinajstić information content (AvgIpc) is 2.68. The van der Waals surface area contributed by atoms with Crippen LogP contribution in [0.3, 0.4) is 0 Å². The zero-order valence-electron chi connectivity index (χ0n) is 15.0. The van der Waals surface area contributed by atoms with Crippen LogP contribution in [0.2, 0.25) is 0 Å². The van der Waals surface area contributed by atoms with Crippen molar-refractivity contribution in [1.82, 2.24) is 0 Å². The summed E-state index contributed by atoms with van der Waals surface area (Å²) in [5.74, 6) is -1.11. The monoisotopic (exact) mass is 381 g/mol. The van der Waals surface area contributed by atoms with Crippen LogP contribution < -0.4 is 5.32 Å². The van der Waals surface area contributed by atoms with Gasteiger partial charge in [-0.25, -0.2) is 4.79 Å². The Morgan fingerprint density at radius 3 is 2.41 bits per heavy atom. The fourth-order valence-corrected chi connectivity index (χ4v) is 3.46. The van der Waals surface area contributed by atoms with E-state index in [0.29, 0.717) is 10.6 Å². The molecule has 6 heteroatoms. The Hall–Kier alpha value is -2.99. The van der Waals surface area contributed by atoms with Gasteiger partial charge in [-0.1, -0.05) is 48.5 Å². The molecule has 27 heavy (non-hydrogen) atoms. The minimum Gasteiger partial charge on any atom is -0.449 e. The fourth-order valence-electron chi connectivity index (χ4n) is 2.73. The van der Waals surface area contributed by atoms with Crippen LogP contribution in [0.25, 0.3) is 10.8 Å². The molecule has 0 aliphatic heterocycles. The standard InChI is InChI=1S/C21H19NO4S/c1-14(26-21(24)17-11-5-6-13-19(17)27(2)25)20(23)22-18-12-7-9-15-8-3-4-10-16(15)18/h3-14H,1-2H3,(H,22,23)/t14-,27+/m1/s1. The summed E-state index contributed by atoms with van der Waals surface area (Å²) in [4.78, 5) is 25.3. The molecule has 138 valence electrons. The number of carbonyl (C=O) groups excluding carboxylic acids is 2. The highest BCUT2D eigenvalue weighted by Crippen LogP contribution is 2.23. The molecule has 0 aromatic heterocycles. The number of carbonyl (C=O) groups is 2. The number of rotatable bonds is 5. The van der Waals surface area contributed by atoms with Gasteiger partial charge in [0.1, 0.15) is 0 Å². The van der Waals surface area contributed by atoms with Gasteiger partial charge < -0.3 is 10.1 Å². The maximum atomic E-state index is 12.5. The van der Waals surface area contributed by atoms with Gasteiger partial charge in [-0.3, -0.25) is 9.00 Å². The van der Waals surface area contributed by atoms with Crippen LogP contribution in [0.15, 0.2) is 71.6 Å². The van der Waals surface area contributed by atoms with E-state index in [9.17, 15) is 13.8 Å². The van der Waals surface area contributed by atoms with E-state index < -0.39 is 28.8 Å². The summed E-state index contributed by atoms with van der Waals surface area (Å²) in [7, 11) is -1.34. The number of hydrogen-bond acceptors (Lipinski definition) is 4. The van der Waals surface area contributed by atoms with Crippen molar-refractivity contribution in [2.75, 3.05) is 11.6 Å². The van der Waals surface area contributed by atoms with Gasteiger partial charge in [0.05, 0.1) is 21.3 Å². The molecule has 0 spiro atoms. The molecule has 3 aromatic rings. The van der Waals surface area contributed by atoms with E-state index in [0.717, 1.165) is 10.8 Å². The smallest absolute Gasteiger partial charge is 0.340 e. The third-order valence-electron chi connectivity index (χ3n) is 4.12. The normalized spacial score (nSPS) is 13.0. The Morgan fingerprint density at radius 1 is 0.963 bits per heavy atom. The lowest BCUT2D eigenvalue weighted by Crippen LogP contribution is -2.30. The number of amides is 1. The first-order chi connectivity index (χ1) is 13.0. The lowest BCUT2D eigenvalue weighted by molar-refractivity contribution is -0.123.